The minimum absolute atomic E-state index is 0.145. The van der Waals surface area contributed by atoms with E-state index in [1.807, 2.05) is 0 Å². The first-order chi connectivity index (χ1) is 10.5. The van der Waals surface area contributed by atoms with Crippen molar-refractivity contribution in [1.29, 1.82) is 0 Å². The molecule has 1 heterocycles. The average Bonchev–Trinajstić information content (AvgIpc) is 2.93. The summed E-state index contributed by atoms with van der Waals surface area (Å²) in [7, 11) is 0. The number of anilines is 1. The SMILES string of the molecule is NC(=O)CSc1nnc(SCC(=O)Nc2ccc(Cl)cc2)s1. The molecule has 0 unspecified atom stereocenters. The summed E-state index contributed by atoms with van der Waals surface area (Å²) in [6.07, 6.45) is 0. The van der Waals surface area contributed by atoms with Crippen molar-refractivity contribution in [1.82, 2.24) is 10.2 Å². The van der Waals surface area contributed by atoms with Gasteiger partial charge in [0.05, 0.1) is 11.5 Å². The molecule has 6 nitrogen and oxygen atoms in total. The Balaban J connectivity index is 1.78. The molecule has 22 heavy (non-hydrogen) atoms. The summed E-state index contributed by atoms with van der Waals surface area (Å²) in [5, 5.41) is 11.2. The number of nitrogens with one attached hydrogen (secondary N) is 1. The smallest absolute Gasteiger partial charge is 0.234 e. The van der Waals surface area contributed by atoms with Crippen LogP contribution in [-0.4, -0.2) is 33.5 Å². The fourth-order valence-corrected chi connectivity index (χ4v) is 3.99. The maximum atomic E-state index is 11.8. The molecule has 2 amide bonds. The Morgan fingerprint density at radius 1 is 1.14 bits per heavy atom. The van der Waals surface area contributed by atoms with Crippen molar-refractivity contribution in [3.63, 3.8) is 0 Å². The number of aromatic nitrogens is 2. The Bertz CT molecular complexity index is 663. The lowest BCUT2D eigenvalue weighted by atomic mass is 10.3. The van der Waals surface area contributed by atoms with Gasteiger partial charge in [0.15, 0.2) is 8.68 Å². The number of hydrogen-bond donors (Lipinski definition) is 2. The van der Waals surface area contributed by atoms with Crippen LogP contribution in [0.1, 0.15) is 0 Å². The Morgan fingerprint density at radius 2 is 1.73 bits per heavy atom. The van der Waals surface area contributed by atoms with E-state index in [0.717, 1.165) is 0 Å². The molecule has 0 aliphatic rings. The van der Waals surface area contributed by atoms with Crippen molar-refractivity contribution < 1.29 is 9.59 Å². The molecule has 0 spiro atoms. The van der Waals surface area contributed by atoms with E-state index in [2.05, 4.69) is 15.5 Å². The number of hydrogen-bond acceptors (Lipinski definition) is 7. The summed E-state index contributed by atoms with van der Waals surface area (Å²) in [6, 6.07) is 6.87. The molecule has 1 aromatic heterocycles. The van der Waals surface area contributed by atoms with Gasteiger partial charge in [-0.25, -0.2) is 0 Å². The Kier molecular flexibility index (Phi) is 6.49. The van der Waals surface area contributed by atoms with E-state index >= 15 is 0 Å². The standard InChI is InChI=1S/C12H11ClN4O2S3/c13-7-1-3-8(4-2-7)15-10(19)6-21-12-17-16-11(22-12)20-5-9(14)18/h1-4H,5-6H2,(H2,14,18)(H,15,19). The quantitative estimate of drug-likeness (QED) is 0.722. The van der Waals surface area contributed by atoms with E-state index in [1.54, 1.807) is 24.3 Å². The third kappa shape index (κ3) is 5.84. The molecule has 0 bridgehead atoms. The van der Waals surface area contributed by atoms with Crippen molar-refractivity contribution in [2.75, 3.05) is 16.8 Å². The highest BCUT2D eigenvalue weighted by molar-refractivity contribution is 8.03. The van der Waals surface area contributed by atoms with Crippen molar-refractivity contribution in [2.45, 2.75) is 8.68 Å². The fourth-order valence-electron chi connectivity index (χ4n) is 1.30. The van der Waals surface area contributed by atoms with Gasteiger partial charge in [-0.2, -0.15) is 0 Å². The molecule has 0 saturated carbocycles. The number of amides is 2. The second-order valence-electron chi connectivity index (χ2n) is 3.93. The number of benzene rings is 1. The van der Waals surface area contributed by atoms with Gasteiger partial charge in [0, 0.05) is 10.7 Å². The van der Waals surface area contributed by atoms with E-state index in [-0.39, 0.29) is 17.4 Å². The molecule has 3 N–H and O–H groups in total. The lowest BCUT2D eigenvalue weighted by Gasteiger charge is -2.03. The fraction of sp³-hybridized carbons (Fsp3) is 0.167. The van der Waals surface area contributed by atoms with Crippen molar-refractivity contribution in [3.8, 4) is 0 Å². The lowest BCUT2D eigenvalue weighted by molar-refractivity contribution is -0.115. The second-order valence-corrected chi connectivity index (χ2v) is 7.79. The molecule has 116 valence electrons. The van der Waals surface area contributed by atoms with Crippen molar-refractivity contribution >= 4 is 64.0 Å². The molecule has 0 fully saturated rings. The van der Waals surface area contributed by atoms with Crippen LogP contribution in [0.5, 0.6) is 0 Å². The highest BCUT2D eigenvalue weighted by atomic mass is 35.5. The topological polar surface area (TPSA) is 98.0 Å². The van der Waals surface area contributed by atoms with Crippen LogP contribution in [-0.2, 0) is 9.59 Å². The Labute approximate surface area is 144 Å². The highest BCUT2D eigenvalue weighted by Crippen LogP contribution is 2.28. The first-order valence-corrected chi connectivity index (χ1v) is 9.12. The van der Waals surface area contributed by atoms with Crippen LogP contribution in [0.4, 0.5) is 5.69 Å². The summed E-state index contributed by atoms with van der Waals surface area (Å²) < 4.78 is 1.32. The zero-order valence-electron chi connectivity index (χ0n) is 11.1. The van der Waals surface area contributed by atoms with Crippen LogP contribution in [0.3, 0.4) is 0 Å². The van der Waals surface area contributed by atoms with E-state index in [4.69, 9.17) is 17.3 Å². The molecular formula is C12H11ClN4O2S3. The van der Waals surface area contributed by atoms with Gasteiger partial charge in [0.1, 0.15) is 0 Å². The maximum absolute atomic E-state index is 11.8. The second kappa shape index (κ2) is 8.37. The first kappa shape index (κ1) is 17.1. The maximum Gasteiger partial charge on any atom is 0.234 e. The normalized spacial score (nSPS) is 10.4. The van der Waals surface area contributed by atoms with Gasteiger partial charge in [-0.05, 0) is 24.3 Å². The monoisotopic (exact) mass is 374 g/mol. The minimum Gasteiger partial charge on any atom is -0.369 e. The summed E-state index contributed by atoms with van der Waals surface area (Å²) in [6.45, 7) is 0. The van der Waals surface area contributed by atoms with Gasteiger partial charge in [0.2, 0.25) is 11.8 Å². The molecule has 10 heteroatoms. The van der Waals surface area contributed by atoms with Crippen LogP contribution in [0.2, 0.25) is 5.02 Å². The van der Waals surface area contributed by atoms with E-state index < -0.39 is 5.91 Å². The van der Waals surface area contributed by atoms with E-state index in [9.17, 15) is 9.59 Å². The number of thioether (sulfide) groups is 2. The number of nitrogens with two attached hydrogens (primary N) is 1. The summed E-state index contributed by atoms with van der Waals surface area (Å²) in [4.78, 5) is 22.5. The number of halogens is 1. The van der Waals surface area contributed by atoms with Crippen LogP contribution < -0.4 is 11.1 Å². The number of carbonyl (C=O) groups excluding carboxylic acids is 2. The van der Waals surface area contributed by atoms with Gasteiger partial charge in [0.25, 0.3) is 0 Å². The van der Waals surface area contributed by atoms with Gasteiger partial charge < -0.3 is 11.1 Å². The third-order valence-corrected chi connectivity index (χ3v) is 5.64. The Hall–Kier alpha value is -1.29. The third-order valence-electron chi connectivity index (χ3n) is 2.18. The molecule has 0 saturated heterocycles. The Morgan fingerprint density at radius 3 is 2.32 bits per heavy atom. The highest BCUT2D eigenvalue weighted by Gasteiger charge is 2.09. The molecule has 2 aromatic rings. The summed E-state index contributed by atoms with van der Waals surface area (Å²) in [5.41, 5.74) is 5.74. The number of carbonyl (C=O) groups is 2. The molecular weight excluding hydrogens is 364 g/mol. The van der Waals surface area contributed by atoms with E-state index in [1.165, 1.54) is 34.9 Å². The average molecular weight is 375 g/mol. The van der Waals surface area contributed by atoms with Crippen LogP contribution in [0.25, 0.3) is 0 Å². The largest absolute Gasteiger partial charge is 0.369 e. The first-order valence-electron chi connectivity index (χ1n) is 5.96. The zero-order chi connectivity index (χ0) is 15.9. The van der Waals surface area contributed by atoms with Gasteiger partial charge >= 0.3 is 0 Å². The van der Waals surface area contributed by atoms with Gasteiger partial charge in [-0.15, -0.1) is 10.2 Å². The zero-order valence-corrected chi connectivity index (χ0v) is 14.3. The number of rotatable bonds is 7. The lowest BCUT2D eigenvalue weighted by Crippen LogP contribution is -2.13. The molecule has 0 aliphatic carbocycles. The van der Waals surface area contributed by atoms with Gasteiger partial charge in [-0.3, -0.25) is 9.59 Å². The molecule has 0 aliphatic heterocycles. The molecule has 2 rings (SSSR count). The summed E-state index contributed by atoms with van der Waals surface area (Å²) in [5.74, 6) is -0.167. The van der Waals surface area contributed by atoms with Gasteiger partial charge in [-0.1, -0.05) is 46.5 Å². The molecule has 0 atom stereocenters. The van der Waals surface area contributed by atoms with Crippen LogP contribution in [0, 0.1) is 0 Å². The van der Waals surface area contributed by atoms with Crippen molar-refractivity contribution in [3.05, 3.63) is 29.3 Å². The number of nitrogens with zero attached hydrogens (tertiary/aromatic N) is 2. The molecule has 1 aromatic carbocycles. The van der Waals surface area contributed by atoms with Crippen LogP contribution in [0.15, 0.2) is 32.9 Å². The van der Waals surface area contributed by atoms with Crippen LogP contribution >= 0.6 is 46.5 Å². The predicted octanol–water partition coefficient (Wildman–Crippen LogP) is 2.50. The summed E-state index contributed by atoms with van der Waals surface area (Å²) >= 11 is 9.61. The number of primary amides is 1. The van der Waals surface area contributed by atoms with Crippen molar-refractivity contribution in [2.24, 2.45) is 5.73 Å². The predicted molar refractivity (Wildman–Crippen MR) is 90.6 cm³/mol. The minimum atomic E-state index is -0.406. The molecule has 0 radical (unpaired) electrons. The van der Waals surface area contributed by atoms with E-state index in [0.29, 0.717) is 19.4 Å².